The van der Waals surface area contributed by atoms with Crippen LogP contribution in [0.2, 0.25) is 5.02 Å². The third-order valence-electron chi connectivity index (χ3n) is 5.88. The molecule has 1 heterocycles. The molecule has 5 nitrogen and oxygen atoms in total. The number of methoxy groups -OCH3 is 1. The Morgan fingerprint density at radius 2 is 1.76 bits per heavy atom. The van der Waals surface area contributed by atoms with Crippen molar-refractivity contribution in [2.75, 3.05) is 20.2 Å². The van der Waals surface area contributed by atoms with Gasteiger partial charge in [-0.05, 0) is 55.8 Å². The van der Waals surface area contributed by atoms with Crippen LogP contribution in [0.15, 0.2) is 66.9 Å². The summed E-state index contributed by atoms with van der Waals surface area (Å²) in [6.07, 6.45) is 1.49. The molecule has 0 atom stereocenters. The number of hydrogen-bond acceptors (Lipinski definition) is 3. The molecule has 4 rings (SSSR count). The van der Waals surface area contributed by atoms with Gasteiger partial charge in [-0.1, -0.05) is 35.9 Å². The zero-order valence-corrected chi connectivity index (χ0v) is 20.1. The number of rotatable bonds is 7. The van der Waals surface area contributed by atoms with E-state index in [4.69, 9.17) is 21.1 Å². The first-order valence-electron chi connectivity index (χ1n) is 11.1. The predicted molar refractivity (Wildman–Crippen MR) is 133 cm³/mol. The summed E-state index contributed by atoms with van der Waals surface area (Å²) in [5.74, 6) is 0.763. The third kappa shape index (κ3) is 4.59. The lowest BCUT2D eigenvalue weighted by Gasteiger charge is -2.20. The molecule has 0 radical (unpaired) electrons. The second-order valence-electron chi connectivity index (χ2n) is 7.80. The number of hydrogen-bond donors (Lipinski definition) is 0. The summed E-state index contributed by atoms with van der Waals surface area (Å²) in [6.45, 7) is 5.24. The fourth-order valence-corrected chi connectivity index (χ4v) is 4.22. The standard InChI is InChI=1S/C27H26ClFN2O3/c1-4-30(5-2)27(32)34-24-14-13-23-21(25(24)18-9-11-20(33-3)12-10-18)15-16-31(23)17-19-7-6-8-22(28)26(19)29/h6-16H,4-5,17H2,1-3H3. The molecule has 0 fully saturated rings. The molecular weight excluding hydrogens is 455 g/mol. The lowest BCUT2D eigenvalue weighted by atomic mass is 10.0. The molecule has 0 aliphatic heterocycles. The lowest BCUT2D eigenvalue weighted by molar-refractivity contribution is 0.157. The van der Waals surface area contributed by atoms with Gasteiger partial charge < -0.3 is 18.9 Å². The number of carbonyl (C=O) groups excluding carboxylic acids is 1. The van der Waals surface area contributed by atoms with Crippen molar-refractivity contribution in [3.8, 4) is 22.6 Å². The predicted octanol–water partition coefficient (Wildman–Crippen LogP) is 7.00. The smallest absolute Gasteiger partial charge is 0.415 e. The van der Waals surface area contributed by atoms with Crippen molar-refractivity contribution >= 4 is 28.6 Å². The monoisotopic (exact) mass is 480 g/mol. The van der Waals surface area contributed by atoms with Crippen molar-refractivity contribution in [1.29, 1.82) is 0 Å². The zero-order chi connectivity index (χ0) is 24.2. The second kappa shape index (κ2) is 10.2. The van der Waals surface area contributed by atoms with Crippen molar-refractivity contribution in [2.45, 2.75) is 20.4 Å². The molecule has 0 saturated carbocycles. The molecule has 3 aromatic carbocycles. The van der Waals surface area contributed by atoms with E-state index < -0.39 is 11.9 Å². The van der Waals surface area contributed by atoms with E-state index in [1.807, 2.05) is 61.0 Å². The Hall–Kier alpha value is -3.51. The molecule has 0 spiro atoms. The van der Waals surface area contributed by atoms with Crippen LogP contribution in [0.3, 0.4) is 0 Å². The minimum Gasteiger partial charge on any atom is -0.497 e. The molecule has 0 aliphatic rings. The highest BCUT2D eigenvalue weighted by Crippen LogP contribution is 2.39. The number of ether oxygens (including phenoxy) is 2. The van der Waals surface area contributed by atoms with E-state index in [9.17, 15) is 9.18 Å². The van der Waals surface area contributed by atoms with Crippen LogP contribution in [0.4, 0.5) is 9.18 Å². The summed E-state index contributed by atoms with van der Waals surface area (Å²) in [6, 6.07) is 18.2. The normalized spacial score (nSPS) is 11.0. The van der Waals surface area contributed by atoms with E-state index in [2.05, 4.69) is 0 Å². The Balaban J connectivity index is 1.82. The molecule has 4 aromatic rings. The van der Waals surface area contributed by atoms with Crippen molar-refractivity contribution in [3.63, 3.8) is 0 Å². The molecule has 7 heteroatoms. The van der Waals surface area contributed by atoms with Crippen LogP contribution in [0.5, 0.6) is 11.5 Å². The maximum absolute atomic E-state index is 14.5. The SMILES string of the molecule is CCN(CC)C(=O)Oc1ccc2c(ccn2Cc2cccc(Cl)c2F)c1-c1ccc(OC)cc1. The van der Waals surface area contributed by atoms with Gasteiger partial charge in [0.25, 0.3) is 0 Å². The minimum atomic E-state index is -0.425. The topological polar surface area (TPSA) is 43.7 Å². The van der Waals surface area contributed by atoms with Gasteiger partial charge in [0.05, 0.1) is 18.7 Å². The Labute approximate surface area is 203 Å². The van der Waals surface area contributed by atoms with Gasteiger partial charge in [0, 0.05) is 41.3 Å². The van der Waals surface area contributed by atoms with Gasteiger partial charge in [-0.15, -0.1) is 0 Å². The summed E-state index contributed by atoms with van der Waals surface area (Å²) < 4.78 is 27.6. The van der Waals surface area contributed by atoms with E-state index in [0.717, 1.165) is 27.8 Å². The minimum absolute atomic E-state index is 0.0958. The highest BCUT2D eigenvalue weighted by molar-refractivity contribution is 6.30. The Bertz CT molecular complexity index is 1310. The number of halogens is 2. The molecule has 1 amide bonds. The second-order valence-corrected chi connectivity index (χ2v) is 8.20. The molecule has 176 valence electrons. The van der Waals surface area contributed by atoms with E-state index in [0.29, 0.717) is 30.9 Å². The Morgan fingerprint density at radius 1 is 1.03 bits per heavy atom. The van der Waals surface area contributed by atoms with Gasteiger partial charge >= 0.3 is 6.09 Å². The molecule has 0 N–H and O–H groups in total. The van der Waals surface area contributed by atoms with Crippen LogP contribution in [0.25, 0.3) is 22.0 Å². The first kappa shape index (κ1) is 23.6. The third-order valence-corrected chi connectivity index (χ3v) is 6.18. The summed E-state index contributed by atoms with van der Waals surface area (Å²) in [4.78, 5) is 14.4. The van der Waals surface area contributed by atoms with Crippen LogP contribution in [0.1, 0.15) is 19.4 Å². The first-order chi connectivity index (χ1) is 16.5. The number of carbonyl (C=O) groups is 1. The van der Waals surface area contributed by atoms with Crippen LogP contribution in [-0.2, 0) is 6.54 Å². The van der Waals surface area contributed by atoms with Gasteiger partial charge in [-0.25, -0.2) is 9.18 Å². The number of aromatic nitrogens is 1. The van der Waals surface area contributed by atoms with E-state index in [-0.39, 0.29) is 5.02 Å². The molecule has 0 unspecified atom stereocenters. The van der Waals surface area contributed by atoms with Gasteiger partial charge in [0.2, 0.25) is 0 Å². The molecule has 0 bridgehead atoms. The number of benzene rings is 3. The highest BCUT2D eigenvalue weighted by Gasteiger charge is 2.19. The maximum Gasteiger partial charge on any atom is 0.415 e. The molecular formula is C27H26ClFN2O3. The number of fused-ring (bicyclic) bond motifs is 1. The quantitative estimate of drug-likeness (QED) is 0.286. The van der Waals surface area contributed by atoms with Crippen molar-refractivity contribution in [3.05, 3.63) is 83.3 Å². The van der Waals surface area contributed by atoms with Crippen LogP contribution >= 0.6 is 11.6 Å². The van der Waals surface area contributed by atoms with Gasteiger partial charge in [0.1, 0.15) is 17.3 Å². The van der Waals surface area contributed by atoms with Gasteiger partial charge in [-0.2, -0.15) is 0 Å². The van der Waals surface area contributed by atoms with Crippen molar-refractivity contribution in [2.24, 2.45) is 0 Å². The largest absolute Gasteiger partial charge is 0.497 e. The van der Waals surface area contributed by atoms with Crippen molar-refractivity contribution < 1.29 is 18.7 Å². The summed E-state index contributed by atoms with van der Waals surface area (Å²) in [5.41, 5.74) is 3.03. The highest BCUT2D eigenvalue weighted by atomic mass is 35.5. The Kier molecular flexibility index (Phi) is 7.08. The molecule has 0 aliphatic carbocycles. The van der Waals surface area contributed by atoms with Crippen LogP contribution in [-0.4, -0.2) is 35.8 Å². The maximum atomic E-state index is 14.5. The van der Waals surface area contributed by atoms with Crippen LogP contribution in [0, 0.1) is 5.82 Å². The summed E-state index contributed by atoms with van der Waals surface area (Å²) >= 11 is 5.97. The first-order valence-corrected chi connectivity index (χ1v) is 11.5. The lowest BCUT2D eigenvalue weighted by Crippen LogP contribution is -2.33. The van der Waals surface area contributed by atoms with Crippen LogP contribution < -0.4 is 9.47 Å². The molecule has 0 saturated heterocycles. The number of nitrogens with zero attached hydrogens (tertiary/aromatic N) is 2. The van der Waals surface area contributed by atoms with E-state index in [1.54, 1.807) is 30.2 Å². The fourth-order valence-electron chi connectivity index (χ4n) is 4.03. The number of amides is 1. The fraction of sp³-hybridized carbons (Fsp3) is 0.222. The van der Waals surface area contributed by atoms with Gasteiger partial charge in [0.15, 0.2) is 0 Å². The van der Waals surface area contributed by atoms with E-state index in [1.165, 1.54) is 6.07 Å². The van der Waals surface area contributed by atoms with Crippen molar-refractivity contribution in [1.82, 2.24) is 9.47 Å². The molecule has 34 heavy (non-hydrogen) atoms. The summed E-state index contributed by atoms with van der Waals surface area (Å²) in [7, 11) is 1.61. The summed E-state index contributed by atoms with van der Waals surface area (Å²) in [5, 5.41) is 0.982. The van der Waals surface area contributed by atoms with Gasteiger partial charge in [-0.3, -0.25) is 0 Å². The average molecular weight is 481 g/mol. The molecule has 1 aromatic heterocycles. The van der Waals surface area contributed by atoms with E-state index >= 15 is 0 Å². The average Bonchev–Trinajstić information content (AvgIpc) is 3.25. The zero-order valence-electron chi connectivity index (χ0n) is 19.3. The Morgan fingerprint density at radius 3 is 2.44 bits per heavy atom.